The summed E-state index contributed by atoms with van der Waals surface area (Å²) in [5.74, 6) is 0.0906. The number of carbonyl (C=O) groups is 1. The zero-order valence-electron chi connectivity index (χ0n) is 17.5. The Morgan fingerprint density at radius 3 is 2.35 bits per heavy atom. The van der Waals surface area contributed by atoms with Crippen molar-refractivity contribution in [3.8, 4) is 5.75 Å². The topological polar surface area (TPSA) is 76.6 Å². The average molecular weight is 437 g/mol. The van der Waals surface area contributed by atoms with E-state index < -0.39 is 10.1 Å². The molecule has 3 aromatic rings. The van der Waals surface area contributed by atoms with Crippen LogP contribution < -0.4 is 4.18 Å². The zero-order chi connectivity index (χ0) is 22.0. The molecule has 0 saturated heterocycles. The minimum atomic E-state index is -3.96. The molecule has 0 bridgehead atoms. The second-order valence-electron chi connectivity index (χ2n) is 7.85. The summed E-state index contributed by atoms with van der Waals surface area (Å²) in [5, 5.41) is 0. The first kappa shape index (κ1) is 21.1. The number of hydrogen-bond acceptors (Lipinski definition) is 5. The molecule has 0 N–H and O–H groups in total. The summed E-state index contributed by atoms with van der Waals surface area (Å²) in [6, 6.07) is 15.5. The Kier molecular flexibility index (Phi) is 5.78. The van der Waals surface area contributed by atoms with Crippen molar-refractivity contribution in [3.05, 3.63) is 89.2 Å². The molecule has 1 saturated carbocycles. The van der Waals surface area contributed by atoms with Crippen LogP contribution >= 0.6 is 0 Å². The van der Waals surface area contributed by atoms with Gasteiger partial charge in [-0.25, -0.2) is 0 Å². The number of hydrogen-bond donors (Lipinski definition) is 0. The molecule has 0 atom stereocenters. The van der Waals surface area contributed by atoms with Gasteiger partial charge in [-0.1, -0.05) is 12.1 Å². The molecule has 1 amide bonds. The van der Waals surface area contributed by atoms with Gasteiger partial charge >= 0.3 is 10.1 Å². The first-order chi connectivity index (χ1) is 14.8. The molecule has 1 fully saturated rings. The van der Waals surface area contributed by atoms with Gasteiger partial charge < -0.3 is 9.08 Å². The lowest BCUT2D eigenvalue weighted by Crippen LogP contribution is -2.32. The van der Waals surface area contributed by atoms with Gasteiger partial charge in [-0.05, 0) is 85.8 Å². The van der Waals surface area contributed by atoms with Crippen LogP contribution in [0.3, 0.4) is 0 Å². The highest BCUT2D eigenvalue weighted by Crippen LogP contribution is 2.30. The third-order valence-electron chi connectivity index (χ3n) is 5.27. The number of nitrogens with zero attached hydrogens (tertiary/aromatic N) is 2. The lowest BCUT2D eigenvalue weighted by Gasteiger charge is -2.22. The van der Waals surface area contributed by atoms with Crippen LogP contribution in [-0.2, 0) is 16.7 Å². The van der Waals surface area contributed by atoms with Crippen molar-refractivity contribution in [2.75, 3.05) is 0 Å². The Morgan fingerprint density at radius 1 is 1.03 bits per heavy atom. The predicted octanol–water partition coefficient (Wildman–Crippen LogP) is 4.27. The van der Waals surface area contributed by atoms with Crippen LogP contribution in [0, 0.1) is 13.8 Å². The van der Waals surface area contributed by atoms with Gasteiger partial charge in [0.05, 0.1) is 0 Å². The van der Waals surface area contributed by atoms with E-state index in [4.69, 9.17) is 4.18 Å². The normalized spacial score (nSPS) is 13.6. The van der Waals surface area contributed by atoms with Crippen molar-refractivity contribution in [1.29, 1.82) is 0 Å². The molecule has 0 radical (unpaired) electrons. The molecule has 0 aliphatic heterocycles. The third-order valence-corrected chi connectivity index (χ3v) is 6.66. The second-order valence-corrected chi connectivity index (χ2v) is 9.37. The van der Waals surface area contributed by atoms with Crippen LogP contribution in [-0.4, -0.2) is 30.3 Å². The highest BCUT2D eigenvalue weighted by atomic mass is 32.2. The fourth-order valence-electron chi connectivity index (χ4n) is 3.40. The second kappa shape index (κ2) is 8.51. The summed E-state index contributed by atoms with van der Waals surface area (Å²) in [7, 11) is -3.96. The fraction of sp³-hybridized carbons (Fsp3) is 0.250. The number of aromatic nitrogens is 1. The van der Waals surface area contributed by atoms with E-state index in [9.17, 15) is 13.2 Å². The smallest absolute Gasteiger partial charge is 0.339 e. The molecule has 1 aliphatic carbocycles. The van der Waals surface area contributed by atoms with E-state index in [1.807, 2.05) is 30.0 Å². The van der Waals surface area contributed by atoms with Gasteiger partial charge in [-0.3, -0.25) is 9.78 Å². The maximum Gasteiger partial charge on any atom is 0.339 e. The highest BCUT2D eigenvalue weighted by Gasteiger charge is 2.33. The van der Waals surface area contributed by atoms with Crippen LogP contribution in [0.4, 0.5) is 0 Å². The van der Waals surface area contributed by atoms with Crippen molar-refractivity contribution in [3.63, 3.8) is 0 Å². The minimum Gasteiger partial charge on any atom is -0.379 e. The van der Waals surface area contributed by atoms with Crippen molar-refractivity contribution in [2.24, 2.45) is 0 Å². The molecule has 0 unspecified atom stereocenters. The Balaban J connectivity index is 1.50. The lowest BCUT2D eigenvalue weighted by molar-refractivity contribution is 0.0730. The molecule has 160 valence electrons. The van der Waals surface area contributed by atoms with Crippen molar-refractivity contribution in [1.82, 2.24) is 9.88 Å². The third kappa shape index (κ3) is 4.94. The maximum absolute atomic E-state index is 13.1. The summed E-state index contributed by atoms with van der Waals surface area (Å²) in [5.41, 5.74) is 2.98. The SMILES string of the molecule is Cc1ccc(C)c(S(=O)(=O)Oc2ccc(C(=O)N(Cc3ccncc3)C3CC3)cc2)c1. The summed E-state index contributed by atoms with van der Waals surface area (Å²) in [6.07, 6.45) is 5.42. The van der Waals surface area contributed by atoms with E-state index in [0.717, 1.165) is 24.0 Å². The van der Waals surface area contributed by atoms with E-state index in [1.165, 1.54) is 12.1 Å². The van der Waals surface area contributed by atoms with E-state index in [-0.39, 0.29) is 22.6 Å². The molecule has 7 heteroatoms. The van der Waals surface area contributed by atoms with Crippen LogP contribution in [0.1, 0.15) is 39.9 Å². The Morgan fingerprint density at radius 2 is 1.71 bits per heavy atom. The molecule has 1 aromatic heterocycles. The standard InChI is InChI=1S/C24H24N2O4S/c1-17-3-4-18(2)23(15-17)31(28,29)30-22-9-5-20(6-10-22)24(27)26(21-7-8-21)16-19-11-13-25-14-12-19/h3-6,9-15,21H,7-8,16H2,1-2H3. The van der Waals surface area contributed by atoms with Gasteiger partial charge in [0.1, 0.15) is 10.6 Å². The molecular weight excluding hydrogens is 412 g/mol. The zero-order valence-corrected chi connectivity index (χ0v) is 18.3. The van der Waals surface area contributed by atoms with Crippen LogP contribution in [0.2, 0.25) is 0 Å². The first-order valence-electron chi connectivity index (χ1n) is 10.2. The van der Waals surface area contributed by atoms with E-state index in [0.29, 0.717) is 17.7 Å². The van der Waals surface area contributed by atoms with E-state index in [1.54, 1.807) is 43.6 Å². The number of aryl methyl sites for hydroxylation is 2. The highest BCUT2D eigenvalue weighted by molar-refractivity contribution is 7.87. The van der Waals surface area contributed by atoms with Crippen LogP contribution in [0.15, 0.2) is 71.9 Å². The van der Waals surface area contributed by atoms with Gasteiger partial charge in [-0.2, -0.15) is 8.42 Å². The number of benzene rings is 2. The van der Waals surface area contributed by atoms with E-state index >= 15 is 0 Å². The number of rotatable bonds is 7. The summed E-state index contributed by atoms with van der Waals surface area (Å²) >= 11 is 0. The average Bonchev–Trinajstić information content (AvgIpc) is 3.59. The monoisotopic (exact) mass is 436 g/mol. The fourth-order valence-corrected chi connectivity index (χ4v) is 4.65. The lowest BCUT2D eigenvalue weighted by atomic mass is 10.1. The van der Waals surface area contributed by atoms with Crippen molar-refractivity contribution in [2.45, 2.75) is 44.2 Å². The molecule has 1 aliphatic rings. The Bertz CT molecular complexity index is 1190. The molecule has 1 heterocycles. The summed E-state index contributed by atoms with van der Waals surface area (Å²) < 4.78 is 30.7. The van der Waals surface area contributed by atoms with Crippen molar-refractivity contribution < 1.29 is 17.4 Å². The van der Waals surface area contributed by atoms with Gasteiger partial charge in [0.25, 0.3) is 5.91 Å². The van der Waals surface area contributed by atoms with Crippen LogP contribution in [0.5, 0.6) is 5.75 Å². The maximum atomic E-state index is 13.1. The number of pyridine rings is 1. The Labute approximate surface area is 182 Å². The van der Waals surface area contributed by atoms with Crippen LogP contribution in [0.25, 0.3) is 0 Å². The Hall–Kier alpha value is -3.19. The predicted molar refractivity (Wildman–Crippen MR) is 117 cm³/mol. The van der Waals surface area contributed by atoms with Gasteiger partial charge in [0.2, 0.25) is 0 Å². The van der Waals surface area contributed by atoms with E-state index in [2.05, 4.69) is 4.98 Å². The summed E-state index contributed by atoms with van der Waals surface area (Å²) in [4.78, 5) is 19.1. The van der Waals surface area contributed by atoms with Gasteiger partial charge in [-0.15, -0.1) is 0 Å². The first-order valence-corrected chi connectivity index (χ1v) is 11.6. The summed E-state index contributed by atoms with van der Waals surface area (Å²) in [6.45, 7) is 4.08. The molecule has 4 rings (SSSR count). The molecule has 2 aromatic carbocycles. The largest absolute Gasteiger partial charge is 0.379 e. The van der Waals surface area contributed by atoms with Gasteiger partial charge in [0, 0.05) is 30.5 Å². The minimum absolute atomic E-state index is 0.0803. The number of amides is 1. The van der Waals surface area contributed by atoms with Crippen molar-refractivity contribution >= 4 is 16.0 Å². The molecule has 31 heavy (non-hydrogen) atoms. The number of carbonyl (C=O) groups excluding carboxylic acids is 1. The quantitative estimate of drug-likeness (QED) is 0.517. The molecule has 0 spiro atoms. The molecule has 6 nitrogen and oxygen atoms in total. The molecular formula is C24H24N2O4S. The van der Waals surface area contributed by atoms with Gasteiger partial charge in [0.15, 0.2) is 0 Å².